The lowest BCUT2D eigenvalue weighted by atomic mass is 10.1. The monoisotopic (exact) mass is 248 g/mol. The molecule has 90 valence electrons. The maximum atomic E-state index is 4.23. The second-order valence-corrected chi connectivity index (χ2v) is 4.11. The number of nitrogens with one attached hydrogen (secondary N) is 1. The highest BCUT2D eigenvalue weighted by Crippen LogP contribution is 2.25. The van der Waals surface area contributed by atoms with Crippen molar-refractivity contribution in [2.24, 2.45) is 0 Å². The van der Waals surface area contributed by atoms with Gasteiger partial charge >= 0.3 is 0 Å². The molecule has 0 atom stereocenters. The van der Waals surface area contributed by atoms with Gasteiger partial charge in [0.25, 0.3) is 0 Å². The molecule has 17 heavy (non-hydrogen) atoms. The zero-order valence-corrected chi connectivity index (χ0v) is 10.3. The van der Waals surface area contributed by atoms with Gasteiger partial charge in [-0.2, -0.15) is 0 Å². The second kappa shape index (κ2) is 5.34. The molecule has 1 aliphatic rings. The van der Waals surface area contributed by atoms with Gasteiger partial charge in [0.2, 0.25) is 0 Å². The molecule has 3 nitrogen and oxygen atoms in total. The smallest absolute Gasteiger partial charge is 0.0462 e. The number of rotatable bonds is 1. The molecule has 0 saturated carbocycles. The van der Waals surface area contributed by atoms with Crippen LogP contribution in [0.1, 0.15) is 0 Å². The van der Waals surface area contributed by atoms with E-state index < -0.39 is 0 Å². The molecule has 2 aromatic rings. The maximum absolute atomic E-state index is 4.23. The Morgan fingerprint density at radius 3 is 2.76 bits per heavy atom. The number of halogens is 1. The van der Waals surface area contributed by atoms with Crippen molar-refractivity contribution in [1.82, 2.24) is 10.3 Å². The van der Waals surface area contributed by atoms with Crippen molar-refractivity contribution in [3.8, 4) is 0 Å². The van der Waals surface area contributed by atoms with Crippen LogP contribution in [-0.2, 0) is 0 Å². The Bertz CT molecular complexity index is 489. The predicted molar refractivity (Wildman–Crippen MR) is 66.8 cm³/mol. The van der Waals surface area contributed by atoms with Gasteiger partial charge in [0.05, 0.1) is 0 Å². The van der Waals surface area contributed by atoms with E-state index >= 15 is 0 Å². The minimum absolute atomic E-state index is 0. The van der Waals surface area contributed by atoms with Gasteiger partial charge < -0.3 is 22.6 Å². The molecule has 1 fully saturated rings. The molecule has 0 spiro atoms. The summed E-state index contributed by atoms with van der Waals surface area (Å²) in [6.45, 7) is 4.29. The van der Waals surface area contributed by atoms with E-state index in [0.717, 1.165) is 26.2 Å². The van der Waals surface area contributed by atoms with E-state index in [4.69, 9.17) is 0 Å². The Balaban J connectivity index is 0.00000108. The average molecular weight is 249 g/mol. The van der Waals surface area contributed by atoms with Crippen LogP contribution < -0.4 is 22.6 Å². The highest BCUT2D eigenvalue weighted by Gasteiger charge is 2.12. The van der Waals surface area contributed by atoms with Crippen molar-refractivity contribution in [2.75, 3.05) is 31.1 Å². The largest absolute Gasteiger partial charge is 1.00 e. The minimum Gasteiger partial charge on any atom is -1.00 e. The summed E-state index contributed by atoms with van der Waals surface area (Å²) in [7, 11) is 0. The van der Waals surface area contributed by atoms with Gasteiger partial charge in [-0.3, -0.25) is 4.98 Å². The molecular formula is C13H15ClN3-. The van der Waals surface area contributed by atoms with Crippen molar-refractivity contribution in [2.45, 2.75) is 0 Å². The number of anilines is 1. The molecule has 2 heterocycles. The Morgan fingerprint density at radius 1 is 1.12 bits per heavy atom. The zero-order valence-electron chi connectivity index (χ0n) is 9.56. The number of nitrogens with zero attached hydrogens (tertiary/aromatic N) is 2. The topological polar surface area (TPSA) is 28.2 Å². The van der Waals surface area contributed by atoms with E-state index in [1.54, 1.807) is 0 Å². The fourth-order valence-corrected chi connectivity index (χ4v) is 2.28. The van der Waals surface area contributed by atoms with Gasteiger partial charge in [0.15, 0.2) is 0 Å². The van der Waals surface area contributed by atoms with Gasteiger partial charge in [0.1, 0.15) is 0 Å². The minimum atomic E-state index is 0. The summed E-state index contributed by atoms with van der Waals surface area (Å²) >= 11 is 0. The van der Waals surface area contributed by atoms with Crippen molar-refractivity contribution in [3.05, 3.63) is 36.7 Å². The van der Waals surface area contributed by atoms with Gasteiger partial charge in [-0.1, -0.05) is 12.1 Å². The van der Waals surface area contributed by atoms with Crippen molar-refractivity contribution >= 4 is 16.5 Å². The Labute approximate surface area is 107 Å². The third kappa shape index (κ3) is 2.35. The molecule has 0 radical (unpaired) electrons. The van der Waals surface area contributed by atoms with Gasteiger partial charge in [-0.25, -0.2) is 0 Å². The summed E-state index contributed by atoms with van der Waals surface area (Å²) in [4.78, 5) is 6.66. The number of aromatic nitrogens is 1. The fraction of sp³-hybridized carbons (Fsp3) is 0.308. The van der Waals surface area contributed by atoms with Gasteiger partial charge in [0, 0.05) is 49.6 Å². The van der Waals surface area contributed by atoms with Crippen LogP contribution in [0.3, 0.4) is 0 Å². The third-order valence-corrected chi connectivity index (χ3v) is 3.12. The molecule has 0 aliphatic carbocycles. The predicted octanol–water partition coefficient (Wildman–Crippen LogP) is -1.35. The quantitative estimate of drug-likeness (QED) is 0.677. The van der Waals surface area contributed by atoms with E-state index in [-0.39, 0.29) is 12.4 Å². The second-order valence-electron chi connectivity index (χ2n) is 4.11. The Morgan fingerprint density at radius 2 is 1.94 bits per heavy atom. The molecule has 3 rings (SSSR count). The summed E-state index contributed by atoms with van der Waals surface area (Å²) in [5.74, 6) is 0. The molecular weight excluding hydrogens is 234 g/mol. The number of piperazine rings is 1. The number of fused-ring (bicyclic) bond motifs is 1. The van der Waals surface area contributed by atoms with E-state index in [0.29, 0.717) is 0 Å². The first-order valence-corrected chi connectivity index (χ1v) is 5.73. The lowest BCUT2D eigenvalue weighted by Gasteiger charge is -2.30. The SMILES string of the molecule is [Cl-].c1cc(N2CCNCC2)c2cnccc2c1. The highest BCUT2D eigenvalue weighted by molar-refractivity contribution is 5.93. The molecule has 1 aromatic carbocycles. The summed E-state index contributed by atoms with van der Waals surface area (Å²) < 4.78 is 0. The van der Waals surface area contributed by atoms with Crippen LogP contribution in [0.4, 0.5) is 5.69 Å². The zero-order chi connectivity index (χ0) is 10.8. The molecule has 1 aliphatic heterocycles. The Kier molecular flexibility index (Phi) is 3.82. The van der Waals surface area contributed by atoms with Crippen LogP contribution in [0, 0.1) is 0 Å². The van der Waals surface area contributed by atoms with Crippen LogP contribution in [0.5, 0.6) is 0 Å². The van der Waals surface area contributed by atoms with Gasteiger partial charge in [-0.15, -0.1) is 0 Å². The van der Waals surface area contributed by atoms with Crippen molar-refractivity contribution in [1.29, 1.82) is 0 Å². The normalized spacial score (nSPS) is 15.6. The number of hydrogen-bond donors (Lipinski definition) is 1. The molecule has 1 saturated heterocycles. The van der Waals surface area contributed by atoms with Crippen LogP contribution in [-0.4, -0.2) is 31.2 Å². The first kappa shape index (κ1) is 12.1. The average Bonchev–Trinajstić information content (AvgIpc) is 2.39. The molecule has 4 heteroatoms. The van der Waals surface area contributed by atoms with Crippen LogP contribution in [0.2, 0.25) is 0 Å². The van der Waals surface area contributed by atoms with Crippen LogP contribution in [0.15, 0.2) is 36.7 Å². The number of pyridine rings is 1. The molecule has 1 N–H and O–H groups in total. The molecule has 0 bridgehead atoms. The van der Waals surface area contributed by atoms with Crippen molar-refractivity contribution < 1.29 is 12.4 Å². The number of benzene rings is 1. The summed E-state index contributed by atoms with van der Waals surface area (Å²) in [5, 5.41) is 5.90. The lowest BCUT2D eigenvalue weighted by molar-refractivity contribution is -0.00000320. The molecule has 0 unspecified atom stereocenters. The first-order chi connectivity index (χ1) is 7.95. The number of hydrogen-bond acceptors (Lipinski definition) is 3. The van der Waals surface area contributed by atoms with E-state index in [9.17, 15) is 0 Å². The molecule has 0 amide bonds. The summed E-state index contributed by atoms with van der Waals surface area (Å²) in [6.07, 6.45) is 3.82. The van der Waals surface area contributed by atoms with E-state index in [1.165, 1.54) is 16.5 Å². The van der Waals surface area contributed by atoms with Crippen LogP contribution >= 0.6 is 0 Å². The highest BCUT2D eigenvalue weighted by atomic mass is 35.5. The fourth-order valence-electron chi connectivity index (χ4n) is 2.28. The summed E-state index contributed by atoms with van der Waals surface area (Å²) in [6, 6.07) is 8.53. The maximum Gasteiger partial charge on any atom is 0.0462 e. The van der Waals surface area contributed by atoms with Gasteiger partial charge in [-0.05, 0) is 17.5 Å². The van der Waals surface area contributed by atoms with Crippen LogP contribution in [0.25, 0.3) is 10.8 Å². The first-order valence-electron chi connectivity index (χ1n) is 5.73. The van der Waals surface area contributed by atoms with E-state index in [1.807, 2.05) is 12.4 Å². The molecule has 1 aromatic heterocycles. The lowest BCUT2D eigenvalue weighted by Crippen LogP contribution is -3.00. The van der Waals surface area contributed by atoms with E-state index in [2.05, 4.69) is 39.5 Å². The standard InChI is InChI=1S/C13H15N3.ClH/c1-2-11-4-5-15-10-12(11)13(3-1)16-8-6-14-7-9-16;/h1-5,10,14H,6-9H2;1H/p-1. The van der Waals surface area contributed by atoms with Crippen molar-refractivity contribution in [3.63, 3.8) is 0 Å². The third-order valence-electron chi connectivity index (χ3n) is 3.12. The summed E-state index contributed by atoms with van der Waals surface area (Å²) in [5.41, 5.74) is 1.31. The Hall–Kier alpha value is -1.32.